The first-order valence-electron chi connectivity index (χ1n) is 14.4. The molecule has 6 rings (SSSR count). The van der Waals surface area contributed by atoms with Gasteiger partial charge in [-0.2, -0.15) is 0 Å². The summed E-state index contributed by atoms with van der Waals surface area (Å²) in [5.74, 6) is -3.28. The van der Waals surface area contributed by atoms with Gasteiger partial charge in [-0.05, 0) is 82.1 Å². The molecule has 0 unspecified atom stereocenters. The Morgan fingerprint density at radius 2 is 1.14 bits per heavy atom. The fourth-order valence-corrected chi connectivity index (χ4v) is 6.45. The minimum absolute atomic E-state index is 0.0624. The number of hydrogen-bond acceptors (Lipinski definition) is 3. The first-order chi connectivity index (χ1) is 19.9. The third-order valence-corrected chi connectivity index (χ3v) is 8.69. The van der Waals surface area contributed by atoms with Crippen molar-refractivity contribution in [3.05, 3.63) is 129 Å². The number of nitrogens with zero attached hydrogens (tertiary/aromatic N) is 1. The molecular weight excluding hydrogens is 528 g/mol. The Labute approximate surface area is 245 Å². The van der Waals surface area contributed by atoms with E-state index in [1.165, 1.54) is 11.1 Å². The van der Waals surface area contributed by atoms with Crippen molar-refractivity contribution in [1.82, 2.24) is 0 Å². The number of Topliss-reactive ketones (excluding diaryl/α,β-unsaturated/α-hetero) is 2. The molecule has 42 heavy (non-hydrogen) atoms. The Bertz CT molecular complexity index is 1740. The molecule has 5 heteroatoms. The van der Waals surface area contributed by atoms with E-state index < -0.39 is 23.2 Å². The monoisotopic (exact) mass is 561 g/mol. The van der Waals surface area contributed by atoms with E-state index in [9.17, 15) is 18.4 Å². The van der Waals surface area contributed by atoms with E-state index in [0.717, 1.165) is 45.9 Å². The van der Waals surface area contributed by atoms with E-state index in [-0.39, 0.29) is 34.0 Å². The maximum Gasteiger partial charge on any atom is 0.197 e. The van der Waals surface area contributed by atoms with Crippen LogP contribution in [0.4, 0.5) is 25.8 Å². The number of rotatable bonds is 4. The van der Waals surface area contributed by atoms with Crippen LogP contribution in [0.3, 0.4) is 0 Å². The first kappa shape index (κ1) is 27.8. The maximum atomic E-state index is 14.0. The predicted molar refractivity (Wildman–Crippen MR) is 164 cm³/mol. The zero-order valence-corrected chi connectivity index (χ0v) is 24.7. The van der Waals surface area contributed by atoms with Crippen molar-refractivity contribution >= 4 is 34.7 Å². The maximum absolute atomic E-state index is 14.0. The lowest BCUT2D eigenvalue weighted by molar-refractivity contribution is 0.0990. The van der Waals surface area contributed by atoms with Crippen LogP contribution in [0.1, 0.15) is 102 Å². The highest BCUT2D eigenvalue weighted by Gasteiger charge is 2.38. The molecule has 0 bridgehead atoms. The third-order valence-electron chi connectivity index (χ3n) is 8.69. The molecule has 1 heterocycles. The number of anilines is 3. The van der Waals surface area contributed by atoms with Crippen molar-refractivity contribution in [2.75, 3.05) is 4.90 Å². The summed E-state index contributed by atoms with van der Waals surface area (Å²) in [6, 6.07) is 22.9. The molecule has 0 aromatic heterocycles. The molecule has 0 amide bonds. The number of fused-ring (bicyclic) bond motifs is 3. The molecule has 3 nitrogen and oxygen atoms in total. The molecule has 1 aliphatic heterocycles. The van der Waals surface area contributed by atoms with E-state index in [2.05, 4.69) is 107 Å². The Morgan fingerprint density at radius 3 is 1.62 bits per heavy atom. The summed E-state index contributed by atoms with van der Waals surface area (Å²) in [5.41, 5.74) is 8.06. The van der Waals surface area contributed by atoms with Gasteiger partial charge < -0.3 is 4.90 Å². The van der Waals surface area contributed by atoms with Gasteiger partial charge in [0.05, 0.1) is 16.9 Å². The molecule has 4 aromatic carbocycles. The molecule has 0 spiro atoms. The normalized spacial score (nSPS) is 15.3. The minimum Gasteiger partial charge on any atom is -0.310 e. The quantitative estimate of drug-likeness (QED) is 0.184. The summed E-state index contributed by atoms with van der Waals surface area (Å²) >= 11 is 0. The lowest BCUT2D eigenvalue weighted by atomic mass is 9.73. The molecule has 0 fully saturated rings. The molecule has 0 saturated heterocycles. The summed E-state index contributed by atoms with van der Waals surface area (Å²) in [5, 5.41) is 0. The van der Waals surface area contributed by atoms with Crippen LogP contribution in [-0.4, -0.2) is 11.6 Å². The van der Waals surface area contributed by atoms with Crippen LogP contribution < -0.4 is 4.90 Å². The molecule has 1 aliphatic carbocycles. The zero-order valence-electron chi connectivity index (χ0n) is 24.7. The van der Waals surface area contributed by atoms with E-state index in [1.807, 2.05) is 0 Å². The molecule has 4 aromatic rings. The number of halogens is 2. The van der Waals surface area contributed by atoms with Crippen LogP contribution in [0.15, 0.2) is 78.4 Å². The van der Waals surface area contributed by atoms with Crippen LogP contribution in [0.2, 0.25) is 0 Å². The Hall–Kier alpha value is -4.38. The molecule has 0 atom stereocenters. The van der Waals surface area contributed by atoms with Gasteiger partial charge in [0, 0.05) is 22.2 Å². The molecular formula is C37H33F2NO2. The molecule has 2 aliphatic rings. The molecule has 0 saturated carbocycles. The highest BCUT2D eigenvalue weighted by Crippen LogP contribution is 2.53. The lowest BCUT2D eigenvalue weighted by Gasteiger charge is -2.43. The van der Waals surface area contributed by atoms with Crippen molar-refractivity contribution in [3.63, 3.8) is 0 Å². The number of carbonyl (C=O) groups excluding carboxylic acids is 2. The summed E-state index contributed by atoms with van der Waals surface area (Å²) in [7, 11) is 0. The summed E-state index contributed by atoms with van der Waals surface area (Å²) < 4.78 is 27.9. The highest BCUT2D eigenvalue weighted by atomic mass is 19.2. The van der Waals surface area contributed by atoms with E-state index in [4.69, 9.17) is 0 Å². The van der Waals surface area contributed by atoms with Crippen molar-refractivity contribution < 1.29 is 18.4 Å². The highest BCUT2D eigenvalue weighted by molar-refractivity contribution is 6.41. The number of carbonyl (C=O) groups is 2. The second kappa shape index (κ2) is 9.87. The number of allylic oxidation sites excluding steroid dienone is 1. The average Bonchev–Trinajstić information content (AvgIpc) is 3.17. The standard InChI is InChI=1S/C37H33F2NO2/c1-20(2)23-19-34(40-32-13-9-7-11-28(32)37(5,6)29-12-8-10-14-33(29)40)24(21(3)4)15-22(23)16-27-35(41)25-17-30(38)31(39)18-26(25)36(27)42/h7-21H,1-6H3. The van der Waals surface area contributed by atoms with E-state index in [1.54, 1.807) is 6.08 Å². The van der Waals surface area contributed by atoms with Gasteiger partial charge in [-0.15, -0.1) is 0 Å². The zero-order chi connectivity index (χ0) is 30.1. The topological polar surface area (TPSA) is 37.4 Å². The van der Waals surface area contributed by atoms with Crippen LogP contribution >= 0.6 is 0 Å². The molecule has 0 radical (unpaired) electrons. The van der Waals surface area contributed by atoms with E-state index >= 15 is 0 Å². The van der Waals surface area contributed by atoms with Gasteiger partial charge in [-0.25, -0.2) is 8.78 Å². The van der Waals surface area contributed by atoms with Crippen molar-refractivity contribution in [1.29, 1.82) is 0 Å². The summed E-state index contributed by atoms with van der Waals surface area (Å²) in [6.45, 7) is 12.9. The number of hydrogen-bond donors (Lipinski definition) is 0. The van der Waals surface area contributed by atoms with Gasteiger partial charge in [-0.3, -0.25) is 9.59 Å². The molecule has 212 valence electrons. The van der Waals surface area contributed by atoms with Crippen molar-refractivity contribution in [3.8, 4) is 0 Å². The number of para-hydroxylation sites is 2. The van der Waals surface area contributed by atoms with Crippen LogP contribution in [0.5, 0.6) is 0 Å². The fraction of sp³-hybridized carbons (Fsp3) is 0.243. The first-order valence-corrected chi connectivity index (χ1v) is 14.4. The Balaban J connectivity index is 1.58. The van der Waals surface area contributed by atoms with Gasteiger partial charge in [-0.1, -0.05) is 77.9 Å². The fourth-order valence-electron chi connectivity index (χ4n) is 6.45. The van der Waals surface area contributed by atoms with Crippen molar-refractivity contribution in [2.24, 2.45) is 0 Å². The van der Waals surface area contributed by atoms with E-state index in [0.29, 0.717) is 0 Å². The van der Waals surface area contributed by atoms with Gasteiger partial charge >= 0.3 is 0 Å². The largest absolute Gasteiger partial charge is 0.310 e. The third kappa shape index (κ3) is 4.13. The van der Waals surface area contributed by atoms with Gasteiger partial charge in [0.15, 0.2) is 23.2 Å². The lowest BCUT2D eigenvalue weighted by Crippen LogP contribution is -2.31. The second-order valence-electron chi connectivity index (χ2n) is 12.4. The van der Waals surface area contributed by atoms with Gasteiger partial charge in [0.2, 0.25) is 0 Å². The second-order valence-corrected chi connectivity index (χ2v) is 12.4. The summed E-state index contributed by atoms with van der Waals surface area (Å²) in [4.78, 5) is 28.8. The van der Waals surface area contributed by atoms with Crippen LogP contribution in [0, 0.1) is 11.6 Å². The Morgan fingerprint density at radius 1 is 0.667 bits per heavy atom. The predicted octanol–water partition coefficient (Wildman–Crippen LogP) is 9.78. The average molecular weight is 562 g/mol. The minimum atomic E-state index is -1.14. The van der Waals surface area contributed by atoms with Gasteiger partial charge in [0.1, 0.15) is 0 Å². The smallest absolute Gasteiger partial charge is 0.197 e. The molecule has 0 N–H and O–H groups in total. The van der Waals surface area contributed by atoms with Crippen LogP contribution in [-0.2, 0) is 5.41 Å². The number of ketones is 2. The van der Waals surface area contributed by atoms with Gasteiger partial charge in [0.25, 0.3) is 0 Å². The SMILES string of the molecule is CC(C)c1cc(N2c3ccccc3C(C)(C)c3ccccc32)c(C(C)C)cc1C=C1C(=O)c2cc(F)c(F)cc2C1=O. The Kier molecular flexibility index (Phi) is 6.53. The van der Waals surface area contributed by atoms with Crippen LogP contribution in [0.25, 0.3) is 6.08 Å². The van der Waals surface area contributed by atoms with Crippen molar-refractivity contribution in [2.45, 2.75) is 58.8 Å². The number of benzene rings is 4. The summed E-state index contributed by atoms with van der Waals surface area (Å²) in [6.07, 6.45) is 1.60.